The normalized spacial score (nSPS) is 11.7. The van der Waals surface area contributed by atoms with Crippen molar-refractivity contribution < 1.29 is 9.53 Å². The molecule has 0 heterocycles. The van der Waals surface area contributed by atoms with Crippen LogP contribution in [0.15, 0.2) is 24.3 Å². The van der Waals surface area contributed by atoms with E-state index in [2.05, 4.69) is 10.6 Å². The van der Waals surface area contributed by atoms with Crippen molar-refractivity contribution in [2.45, 2.75) is 26.3 Å². The molecule has 0 aromatic heterocycles. The Labute approximate surface area is 102 Å². The van der Waals surface area contributed by atoms with Crippen molar-refractivity contribution >= 4 is 6.03 Å². The summed E-state index contributed by atoms with van der Waals surface area (Å²) in [6, 6.07) is 7.52. The second kappa shape index (κ2) is 6.78. The number of benzene rings is 1. The molecule has 0 fully saturated rings. The zero-order valence-electron chi connectivity index (χ0n) is 10.6. The first-order chi connectivity index (χ1) is 8.17. The number of hydrogen-bond acceptors (Lipinski definition) is 2. The second-order valence-electron chi connectivity index (χ2n) is 3.90. The van der Waals surface area contributed by atoms with E-state index in [1.807, 2.05) is 38.1 Å². The maximum Gasteiger partial charge on any atom is 0.315 e. The lowest BCUT2D eigenvalue weighted by Gasteiger charge is -2.15. The summed E-state index contributed by atoms with van der Waals surface area (Å²) >= 11 is 0. The third kappa shape index (κ3) is 4.34. The molecule has 1 rings (SSSR count). The number of ether oxygens (including phenoxy) is 1. The number of hydrogen-bond donors (Lipinski definition) is 2. The summed E-state index contributed by atoms with van der Waals surface area (Å²) in [5, 5.41) is 5.66. The van der Waals surface area contributed by atoms with Gasteiger partial charge in [0.15, 0.2) is 0 Å². The average molecular weight is 236 g/mol. The molecule has 4 heteroatoms. The first kappa shape index (κ1) is 13.4. The lowest BCUT2D eigenvalue weighted by molar-refractivity contribution is 0.238. The van der Waals surface area contributed by atoms with Crippen LogP contribution >= 0.6 is 0 Å². The van der Waals surface area contributed by atoms with E-state index < -0.39 is 0 Å². The van der Waals surface area contributed by atoms with E-state index in [9.17, 15) is 4.79 Å². The Bertz CT molecular complexity index is 349. The molecule has 2 amide bonds. The van der Waals surface area contributed by atoms with Crippen LogP contribution in [0.25, 0.3) is 0 Å². The number of carbonyl (C=O) groups excluding carboxylic acids is 1. The zero-order valence-corrected chi connectivity index (χ0v) is 10.6. The lowest BCUT2D eigenvalue weighted by Crippen LogP contribution is -2.37. The van der Waals surface area contributed by atoms with Crippen molar-refractivity contribution in [3.05, 3.63) is 29.8 Å². The minimum atomic E-state index is -0.129. The Kier molecular flexibility index (Phi) is 5.33. The maximum absolute atomic E-state index is 11.5. The second-order valence-corrected chi connectivity index (χ2v) is 3.90. The number of amides is 2. The summed E-state index contributed by atoms with van der Waals surface area (Å²) in [4.78, 5) is 11.5. The molecule has 17 heavy (non-hydrogen) atoms. The minimum Gasteiger partial charge on any atom is -0.497 e. The van der Waals surface area contributed by atoms with Gasteiger partial charge in [-0.25, -0.2) is 4.79 Å². The van der Waals surface area contributed by atoms with E-state index in [-0.39, 0.29) is 12.1 Å². The van der Waals surface area contributed by atoms with Gasteiger partial charge in [-0.1, -0.05) is 19.1 Å². The predicted molar refractivity (Wildman–Crippen MR) is 68.2 cm³/mol. The fourth-order valence-electron chi connectivity index (χ4n) is 1.46. The van der Waals surface area contributed by atoms with Crippen LogP contribution in [-0.4, -0.2) is 19.7 Å². The molecule has 0 saturated carbocycles. The van der Waals surface area contributed by atoms with Crippen molar-refractivity contribution in [2.75, 3.05) is 13.7 Å². The van der Waals surface area contributed by atoms with Gasteiger partial charge in [-0.3, -0.25) is 0 Å². The number of rotatable bonds is 5. The lowest BCUT2D eigenvalue weighted by atomic mass is 10.1. The van der Waals surface area contributed by atoms with Gasteiger partial charge in [-0.05, 0) is 31.0 Å². The van der Waals surface area contributed by atoms with Crippen LogP contribution in [0.3, 0.4) is 0 Å². The van der Waals surface area contributed by atoms with Crippen molar-refractivity contribution in [2.24, 2.45) is 0 Å². The average Bonchev–Trinajstić information content (AvgIpc) is 2.36. The molecule has 0 aliphatic heterocycles. The van der Waals surface area contributed by atoms with Crippen LogP contribution in [0, 0.1) is 0 Å². The standard InChI is InChI=1S/C13H20N2O2/c1-4-9-14-13(16)15-10(2)11-5-7-12(17-3)8-6-11/h5-8,10H,4,9H2,1-3H3,(H2,14,15,16)/t10-/m0/s1. The van der Waals surface area contributed by atoms with Gasteiger partial charge >= 0.3 is 6.03 Å². The molecule has 1 atom stereocenters. The highest BCUT2D eigenvalue weighted by Gasteiger charge is 2.08. The van der Waals surface area contributed by atoms with Crippen LogP contribution in [0.5, 0.6) is 5.75 Å². The number of methoxy groups -OCH3 is 1. The van der Waals surface area contributed by atoms with E-state index >= 15 is 0 Å². The topological polar surface area (TPSA) is 50.4 Å². The zero-order chi connectivity index (χ0) is 12.7. The Balaban J connectivity index is 2.51. The predicted octanol–water partition coefficient (Wildman–Crippen LogP) is 2.47. The summed E-state index contributed by atoms with van der Waals surface area (Å²) in [7, 11) is 1.63. The molecule has 2 N–H and O–H groups in total. The Morgan fingerprint density at radius 3 is 2.53 bits per heavy atom. The molecule has 94 valence electrons. The molecule has 0 saturated heterocycles. The highest BCUT2D eigenvalue weighted by Crippen LogP contribution is 2.16. The molecule has 0 spiro atoms. The van der Waals surface area contributed by atoms with Gasteiger partial charge in [0.05, 0.1) is 13.2 Å². The molecule has 0 radical (unpaired) electrons. The van der Waals surface area contributed by atoms with Crippen molar-refractivity contribution in [1.29, 1.82) is 0 Å². The molecular weight excluding hydrogens is 216 g/mol. The first-order valence-corrected chi connectivity index (χ1v) is 5.85. The van der Waals surface area contributed by atoms with Gasteiger partial charge in [0.1, 0.15) is 5.75 Å². The van der Waals surface area contributed by atoms with Gasteiger partial charge in [-0.2, -0.15) is 0 Å². The summed E-state index contributed by atoms with van der Waals surface area (Å²) in [5.41, 5.74) is 1.05. The number of urea groups is 1. The Hall–Kier alpha value is -1.71. The third-order valence-corrected chi connectivity index (χ3v) is 2.50. The van der Waals surface area contributed by atoms with E-state index in [1.54, 1.807) is 7.11 Å². The van der Waals surface area contributed by atoms with Crippen LogP contribution in [0.4, 0.5) is 4.79 Å². The van der Waals surface area contributed by atoms with Crippen LogP contribution in [-0.2, 0) is 0 Å². The highest BCUT2D eigenvalue weighted by atomic mass is 16.5. The molecule has 4 nitrogen and oxygen atoms in total. The smallest absolute Gasteiger partial charge is 0.315 e. The molecule has 1 aromatic rings. The molecular formula is C13H20N2O2. The fourth-order valence-corrected chi connectivity index (χ4v) is 1.46. The van der Waals surface area contributed by atoms with Gasteiger partial charge < -0.3 is 15.4 Å². The van der Waals surface area contributed by atoms with E-state index in [0.29, 0.717) is 6.54 Å². The van der Waals surface area contributed by atoms with Gasteiger partial charge in [0.25, 0.3) is 0 Å². The van der Waals surface area contributed by atoms with Crippen molar-refractivity contribution in [3.8, 4) is 5.75 Å². The summed E-state index contributed by atoms with van der Waals surface area (Å²) in [6.07, 6.45) is 0.935. The van der Waals surface area contributed by atoms with Gasteiger partial charge in [-0.15, -0.1) is 0 Å². The molecule has 0 unspecified atom stereocenters. The van der Waals surface area contributed by atoms with Crippen LogP contribution < -0.4 is 15.4 Å². The Morgan fingerprint density at radius 2 is 2.00 bits per heavy atom. The third-order valence-electron chi connectivity index (χ3n) is 2.50. The van der Waals surface area contributed by atoms with Crippen LogP contribution in [0.1, 0.15) is 31.9 Å². The van der Waals surface area contributed by atoms with Gasteiger partial charge in [0, 0.05) is 6.54 Å². The summed E-state index contributed by atoms with van der Waals surface area (Å²) in [6.45, 7) is 4.67. The largest absolute Gasteiger partial charge is 0.497 e. The number of carbonyl (C=O) groups is 1. The van der Waals surface area contributed by atoms with E-state index in [0.717, 1.165) is 17.7 Å². The highest BCUT2D eigenvalue weighted by molar-refractivity contribution is 5.74. The first-order valence-electron chi connectivity index (χ1n) is 5.85. The van der Waals surface area contributed by atoms with Gasteiger partial charge in [0.2, 0.25) is 0 Å². The van der Waals surface area contributed by atoms with Crippen LogP contribution in [0.2, 0.25) is 0 Å². The minimum absolute atomic E-state index is 0.0160. The Morgan fingerprint density at radius 1 is 1.35 bits per heavy atom. The monoisotopic (exact) mass is 236 g/mol. The van der Waals surface area contributed by atoms with E-state index in [4.69, 9.17) is 4.74 Å². The van der Waals surface area contributed by atoms with E-state index in [1.165, 1.54) is 0 Å². The van der Waals surface area contributed by atoms with Crippen molar-refractivity contribution in [1.82, 2.24) is 10.6 Å². The number of nitrogens with one attached hydrogen (secondary N) is 2. The van der Waals surface area contributed by atoms with Crippen molar-refractivity contribution in [3.63, 3.8) is 0 Å². The summed E-state index contributed by atoms with van der Waals surface area (Å²) < 4.78 is 5.08. The molecule has 0 aliphatic rings. The SMILES string of the molecule is CCCNC(=O)N[C@@H](C)c1ccc(OC)cc1. The quantitative estimate of drug-likeness (QED) is 0.825. The summed E-state index contributed by atoms with van der Waals surface area (Å²) in [5.74, 6) is 0.816. The molecule has 0 aliphatic carbocycles. The maximum atomic E-state index is 11.5. The molecule has 1 aromatic carbocycles. The molecule has 0 bridgehead atoms. The fraction of sp³-hybridized carbons (Fsp3) is 0.462.